The molecule has 0 amide bonds. The van der Waals surface area contributed by atoms with Gasteiger partial charge in [-0.05, 0) is 63.7 Å². The Morgan fingerprint density at radius 3 is 1.74 bits per heavy atom. The van der Waals surface area contributed by atoms with Crippen LogP contribution in [-0.4, -0.2) is 17.9 Å². The third kappa shape index (κ3) is 17.4. The van der Waals surface area contributed by atoms with Crippen LogP contribution in [0, 0.1) is 5.92 Å². The van der Waals surface area contributed by atoms with E-state index in [4.69, 9.17) is 17.0 Å². The first-order valence-corrected chi connectivity index (χ1v) is 10.6. The average Bonchev–Trinajstić information content (AvgIpc) is 2.67. The number of carbonyl (C=O) groups is 1. The van der Waals surface area contributed by atoms with Gasteiger partial charge in [0.2, 0.25) is 0 Å². The lowest BCUT2D eigenvalue weighted by Gasteiger charge is -2.11. The Bertz CT molecular complexity index is 512. The summed E-state index contributed by atoms with van der Waals surface area (Å²) in [4.78, 5) is 11.8. The van der Waals surface area contributed by atoms with Crippen LogP contribution >= 0.6 is 12.2 Å². The highest BCUT2D eigenvalue weighted by atomic mass is 32.1. The smallest absolute Gasteiger partial charge is 0.309 e. The third-order valence-electron chi connectivity index (χ3n) is 3.84. The second-order valence-electron chi connectivity index (χ2n) is 6.14. The van der Waals surface area contributed by atoms with Gasteiger partial charge in [-0.15, -0.1) is 0 Å². The van der Waals surface area contributed by atoms with Gasteiger partial charge in [0.15, 0.2) is 0 Å². The molecule has 0 aliphatic carbocycles. The number of allylic oxidation sites excluding steroid dienone is 10. The summed E-state index contributed by atoms with van der Waals surface area (Å²) < 4.78 is 5.08. The molecule has 0 bridgehead atoms. The molecule has 2 nitrogen and oxygen atoms in total. The van der Waals surface area contributed by atoms with Crippen molar-refractivity contribution in [2.45, 2.75) is 65.2 Å². The van der Waals surface area contributed by atoms with Gasteiger partial charge in [0.05, 0.1) is 12.5 Å². The van der Waals surface area contributed by atoms with Crippen LogP contribution in [-0.2, 0) is 9.53 Å². The molecular weight excluding hydrogens is 352 g/mol. The molecule has 0 fully saturated rings. The van der Waals surface area contributed by atoms with E-state index in [0.717, 1.165) is 44.9 Å². The summed E-state index contributed by atoms with van der Waals surface area (Å²) in [7, 11) is 0. The molecule has 27 heavy (non-hydrogen) atoms. The summed E-state index contributed by atoms with van der Waals surface area (Å²) in [5, 5.41) is 1.63. The number of ether oxygens (including phenoxy) is 1. The predicted octanol–water partition coefficient (Wildman–Crippen LogP) is 7.09. The van der Waals surface area contributed by atoms with Gasteiger partial charge >= 0.3 is 5.97 Å². The Balaban J connectivity index is 3.80. The number of thiocarbonyl (C=S) groups is 1. The Labute approximate surface area is 171 Å². The quantitative estimate of drug-likeness (QED) is 0.160. The van der Waals surface area contributed by atoms with Gasteiger partial charge in [-0.25, -0.2) is 0 Å². The maximum atomic E-state index is 11.8. The van der Waals surface area contributed by atoms with Crippen LogP contribution in [0.4, 0.5) is 0 Å². The maximum Gasteiger partial charge on any atom is 0.309 e. The summed E-state index contributed by atoms with van der Waals surface area (Å²) >= 11 is 4.88. The number of esters is 1. The molecule has 0 spiro atoms. The minimum absolute atomic E-state index is 0.107. The van der Waals surface area contributed by atoms with E-state index in [-0.39, 0.29) is 11.9 Å². The Hall–Kier alpha value is -1.74. The van der Waals surface area contributed by atoms with Crippen molar-refractivity contribution in [1.29, 1.82) is 0 Å². The molecule has 0 heterocycles. The van der Waals surface area contributed by atoms with Gasteiger partial charge in [-0.3, -0.25) is 4.79 Å². The van der Waals surface area contributed by atoms with E-state index < -0.39 is 0 Å². The Morgan fingerprint density at radius 1 is 0.815 bits per heavy atom. The molecule has 0 aromatic carbocycles. The molecule has 0 saturated carbocycles. The molecule has 1 unspecified atom stereocenters. The van der Waals surface area contributed by atoms with Crippen molar-refractivity contribution in [3.05, 3.63) is 60.8 Å². The van der Waals surface area contributed by atoms with Crippen molar-refractivity contribution in [3.63, 3.8) is 0 Å². The first kappa shape index (κ1) is 25.3. The van der Waals surface area contributed by atoms with Crippen LogP contribution in [0.2, 0.25) is 0 Å². The molecule has 0 aliphatic heterocycles. The van der Waals surface area contributed by atoms with E-state index in [1.165, 1.54) is 0 Å². The first-order valence-electron chi connectivity index (χ1n) is 10.1. The summed E-state index contributed by atoms with van der Waals surface area (Å²) in [5.74, 6) is -0.240. The summed E-state index contributed by atoms with van der Waals surface area (Å²) in [6.45, 7) is 4.40. The van der Waals surface area contributed by atoms with Crippen LogP contribution in [0.15, 0.2) is 60.8 Å². The highest BCUT2D eigenvalue weighted by Gasteiger charge is 2.17. The lowest BCUT2D eigenvalue weighted by molar-refractivity contribution is -0.147. The minimum Gasteiger partial charge on any atom is -0.466 e. The van der Waals surface area contributed by atoms with Crippen LogP contribution in [0.25, 0.3) is 0 Å². The molecule has 0 rings (SSSR count). The molecule has 1 atom stereocenters. The van der Waals surface area contributed by atoms with Gasteiger partial charge in [-0.2, -0.15) is 0 Å². The molecule has 3 heteroatoms. The SMILES string of the molecule is CCC=CCC=CCC=CCC=CCC=CCCC(CC=S)C(=O)OCC. The number of carbonyl (C=O) groups excluding carboxylic acids is 1. The van der Waals surface area contributed by atoms with Crippen molar-refractivity contribution < 1.29 is 9.53 Å². The standard InChI is InChI=1S/C24H36O2S/c1-3-5-6-7-8-9-10-11-12-13-14-15-16-17-18-19-20-23(21-22-27)24(25)26-4-2/h5-6,8-9,11-12,14-15,17-18,22-23H,3-4,7,10,13,16,19-21H2,1-2H3. The third-order valence-corrected chi connectivity index (χ3v) is 4.03. The largest absolute Gasteiger partial charge is 0.466 e. The highest BCUT2D eigenvalue weighted by Crippen LogP contribution is 2.13. The number of hydrogen-bond acceptors (Lipinski definition) is 3. The molecular formula is C24H36O2S. The monoisotopic (exact) mass is 388 g/mol. The maximum absolute atomic E-state index is 11.8. The second kappa shape index (κ2) is 20.6. The van der Waals surface area contributed by atoms with Crippen LogP contribution in [0.3, 0.4) is 0 Å². The summed E-state index contributed by atoms with van der Waals surface area (Å²) in [6.07, 6.45) is 29.1. The van der Waals surface area contributed by atoms with Crippen molar-refractivity contribution in [1.82, 2.24) is 0 Å². The fourth-order valence-electron chi connectivity index (χ4n) is 2.37. The van der Waals surface area contributed by atoms with Crippen molar-refractivity contribution in [2.75, 3.05) is 6.61 Å². The fraction of sp³-hybridized carbons (Fsp3) is 0.500. The van der Waals surface area contributed by atoms with Crippen molar-refractivity contribution in [3.8, 4) is 0 Å². The lowest BCUT2D eigenvalue weighted by Crippen LogP contribution is -2.17. The van der Waals surface area contributed by atoms with Gasteiger partial charge in [0.1, 0.15) is 0 Å². The Morgan fingerprint density at radius 2 is 1.30 bits per heavy atom. The molecule has 0 aliphatic rings. The van der Waals surface area contributed by atoms with Crippen molar-refractivity contribution >= 4 is 23.6 Å². The molecule has 0 aromatic heterocycles. The number of rotatable bonds is 16. The zero-order valence-electron chi connectivity index (χ0n) is 17.0. The topological polar surface area (TPSA) is 26.3 Å². The summed E-state index contributed by atoms with van der Waals surface area (Å²) in [6, 6.07) is 0. The van der Waals surface area contributed by atoms with E-state index in [1.807, 2.05) is 6.92 Å². The predicted molar refractivity (Wildman–Crippen MR) is 122 cm³/mol. The zero-order valence-corrected chi connectivity index (χ0v) is 17.8. The molecule has 150 valence electrons. The second-order valence-corrected chi connectivity index (χ2v) is 6.47. The first-order chi connectivity index (χ1) is 13.3. The highest BCUT2D eigenvalue weighted by molar-refractivity contribution is 7.78. The van der Waals surface area contributed by atoms with Gasteiger partial charge in [0, 0.05) is 0 Å². The molecule has 0 N–H and O–H groups in total. The van der Waals surface area contributed by atoms with E-state index in [2.05, 4.69) is 67.7 Å². The van der Waals surface area contributed by atoms with Gasteiger partial charge < -0.3 is 4.74 Å². The van der Waals surface area contributed by atoms with Crippen LogP contribution < -0.4 is 0 Å². The lowest BCUT2D eigenvalue weighted by atomic mass is 10.0. The van der Waals surface area contributed by atoms with Crippen LogP contribution in [0.1, 0.15) is 65.2 Å². The zero-order chi connectivity index (χ0) is 20.0. The van der Waals surface area contributed by atoms with Gasteiger partial charge in [-0.1, -0.05) is 79.9 Å². The molecule has 0 aromatic rings. The van der Waals surface area contributed by atoms with Crippen LogP contribution in [0.5, 0.6) is 0 Å². The van der Waals surface area contributed by atoms with E-state index in [9.17, 15) is 4.79 Å². The average molecular weight is 389 g/mol. The van der Waals surface area contributed by atoms with E-state index in [1.54, 1.807) is 5.37 Å². The molecule has 0 radical (unpaired) electrons. The summed E-state index contributed by atoms with van der Waals surface area (Å²) in [5.41, 5.74) is 0. The van der Waals surface area contributed by atoms with E-state index >= 15 is 0 Å². The minimum atomic E-state index is -0.133. The normalized spacial score (nSPS) is 13.6. The van der Waals surface area contributed by atoms with Crippen molar-refractivity contribution in [2.24, 2.45) is 5.92 Å². The number of hydrogen-bond donors (Lipinski definition) is 0. The van der Waals surface area contributed by atoms with Gasteiger partial charge in [0.25, 0.3) is 0 Å². The Kier molecular flexibility index (Phi) is 19.2. The van der Waals surface area contributed by atoms with E-state index in [0.29, 0.717) is 13.0 Å². The molecule has 0 saturated heterocycles. The fourth-order valence-corrected chi connectivity index (χ4v) is 2.61.